The third kappa shape index (κ3) is 5.98. The van der Waals surface area contributed by atoms with Crippen molar-refractivity contribution in [2.45, 2.75) is 38.5 Å². The molecule has 3 aliphatic rings. The zero-order valence-corrected chi connectivity index (χ0v) is 24.7. The van der Waals surface area contributed by atoms with Gasteiger partial charge in [0, 0.05) is 31.3 Å². The lowest BCUT2D eigenvalue weighted by Crippen LogP contribution is -2.35. The van der Waals surface area contributed by atoms with E-state index in [1.165, 1.54) is 11.1 Å². The van der Waals surface area contributed by atoms with Crippen LogP contribution in [0.5, 0.6) is 5.75 Å². The molecule has 0 aliphatic carbocycles. The van der Waals surface area contributed by atoms with Gasteiger partial charge in [0.25, 0.3) is 0 Å². The second kappa shape index (κ2) is 12.0. The van der Waals surface area contributed by atoms with Crippen molar-refractivity contribution >= 4 is 40.0 Å². The van der Waals surface area contributed by atoms with Gasteiger partial charge in [-0.1, -0.05) is 29.8 Å². The number of carbonyl (C=O) groups is 1. The highest BCUT2D eigenvalue weighted by atomic mass is 35.5. The molecule has 0 radical (unpaired) electrons. The molecular weight excluding hydrogens is 566 g/mol. The summed E-state index contributed by atoms with van der Waals surface area (Å²) >= 11 is 6.20. The van der Waals surface area contributed by atoms with E-state index in [2.05, 4.69) is 32.6 Å². The van der Waals surface area contributed by atoms with Crippen LogP contribution in [-0.2, 0) is 24.2 Å². The molecule has 5 heterocycles. The molecule has 1 saturated heterocycles. The quantitative estimate of drug-likeness (QED) is 0.277. The number of ether oxygens (including phenoxy) is 2. The standard InChI is InChI=1S/C33H34ClN5O4/c34-25-3-1-2-22(18-25)8-14-38-15-17-43-30-7-6-27(36-32(30)38)23-9-12-37(13-10-23)21-31-35-28-5-4-24(33(40)41)19-29(28)39(31)20-26-11-16-42-26/h1-7,9,18-19,26H,8,10-17,20-21H2,(H,40,41). The average Bonchev–Trinajstić information content (AvgIpc) is 3.33. The number of fused-ring (bicyclic) bond motifs is 2. The van der Waals surface area contributed by atoms with Crippen molar-refractivity contribution in [2.24, 2.45) is 0 Å². The van der Waals surface area contributed by atoms with E-state index < -0.39 is 5.97 Å². The van der Waals surface area contributed by atoms with Crippen LogP contribution in [-0.4, -0.2) is 76.0 Å². The van der Waals surface area contributed by atoms with E-state index in [1.54, 1.807) is 18.2 Å². The van der Waals surface area contributed by atoms with E-state index in [0.29, 0.717) is 19.7 Å². The molecule has 7 rings (SSSR count). The summed E-state index contributed by atoms with van der Waals surface area (Å²) < 4.78 is 13.8. The third-order valence-electron chi connectivity index (χ3n) is 8.56. The predicted octanol–water partition coefficient (Wildman–Crippen LogP) is 5.30. The Balaban J connectivity index is 1.07. The van der Waals surface area contributed by atoms with Crippen LogP contribution in [0.1, 0.15) is 40.3 Å². The highest BCUT2D eigenvalue weighted by Crippen LogP contribution is 2.33. The first kappa shape index (κ1) is 27.9. The number of hydrogen-bond donors (Lipinski definition) is 1. The van der Waals surface area contributed by atoms with Gasteiger partial charge in [0.05, 0.1) is 48.0 Å². The Kier molecular flexibility index (Phi) is 7.78. The second-order valence-electron chi connectivity index (χ2n) is 11.4. The van der Waals surface area contributed by atoms with E-state index in [-0.39, 0.29) is 11.7 Å². The minimum absolute atomic E-state index is 0.140. The molecule has 1 unspecified atom stereocenters. The topological polar surface area (TPSA) is 93.0 Å². The Hall–Kier alpha value is -3.92. The van der Waals surface area contributed by atoms with Gasteiger partial charge < -0.3 is 24.0 Å². The summed E-state index contributed by atoms with van der Waals surface area (Å²) in [6.45, 7) is 6.09. The lowest BCUT2D eigenvalue weighted by Gasteiger charge is -2.31. The van der Waals surface area contributed by atoms with Gasteiger partial charge in [0.2, 0.25) is 0 Å². The van der Waals surface area contributed by atoms with Crippen LogP contribution in [0.15, 0.2) is 60.7 Å². The number of benzene rings is 2. The molecule has 3 aliphatic heterocycles. The fourth-order valence-electron chi connectivity index (χ4n) is 6.05. The molecule has 4 aromatic rings. The molecular formula is C33H34ClN5O4. The Morgan fingerprint density at radius 3 is 2.74 bits per heavy atom. The normalized spacial score (nSPS) is 18.6. The fraction of sp³-hybridized carbons (Fsp3) is 0.364. The summed E-state index contributed by atoms with van der Waals surface area (Å²) in [7, 11) is 0. The summed E-state index contributed by atoms with van der Waals surface area (Å²) in [4.78, 5) is 26.3. The Morgan fingerprint density at radius 2 is 1.98 bits per heavy atom. The first-order chi connectivity index (χ1) is 21.0. The first-order valence-electron chi connectivity index (χ1n) is 14.9. The highest BCUT2D eigenvalue weighted by molar-refractivity contribution is 6.30. The lowest BCUT2D eigenvalue weighted by atomic mass is 10.0. The van der Waals surface area contributed by atoms with Crippen molar-refractivity contribution in [3.05, 3.63) is 88.3 Å². The zero-order chi connectivity index (χ0) is 29.3. The molecule has 0 spiro atoms. The molecule has 10 heteroatoms. The number of hydrogen-bond acceptors (Lipinski definition) is 7. The van der Waals surface area contributed by atoms with E-state index in [4.69, 9.17) is 31.0 Å². The predicted molar refractivity (Wildman–Crippen MR) is 166 cm³/mol. The number of nitrogens with zero attached hydrogens (tertiary/aromatic N) is 5. The highest BCUT2D eigenvalue weighted by Gasteiger charge is 2.25. The van der Waals surface area contributed by atoms with Crippen LogP contribution >= 0.6 is 11.6 Å². The second-order valence-corrected chi connectivity index (χ2v) is 11.8. The summed E-state index contributed by atoms with van der Waals surface area (Å²) in [5, 5.41) is 10.3. The van der Waals surface area contributed by atoms with Gasteiger partial charge in [-0.25, -0.2) is 14.8 Å². The molecule has 2 aromatic heterocycles. The van der Waals surface area contributed by atoms with Gasteiger partial charge >= 0.3 is 5.97 Å². The van der Waals surface area contributed by atoms with E-state index in [9.17, 15) is 9.90 Å². The Labute approximate surface area is 255 Å². The number of carboxylic acid groups (broad SMARTS) is 1. The number of anilines is 1. The molecule has 0 amide bonds. The summed E-state index contributed by atoms with van der Waals surface area (Å²) in [6.07, 6.45) is 5.18. The van der Waals surface area contributed by atoms with Gasteiger partial charge in [0.15, 0.2) is 11.6 Å². The van der Waals surface area contributed by atoms with Crippen molar-refractivity contribution in [2.75, 3.05) is 44.3 Å². The molecule has 1 N–H and O–H groups in total. The maximum absolute atomic E-state index is 11.6. The molecule has 1 atom stereocenters. The zero-order valence-electron chi connectivity index (χ0n) is 23.9. The van der Waals surface area contributed by atoms with Gasteiger partial charge in [-0.2, -0.15) is 0 Å². The minimum atomic E-state index is -0.934. The molecule has 2 aromatic carbocycles. The van der Waals surface area contributed by atoms with Gasteiger partial charge in [-0.05, 0) is 72.9 Å². The third-order valence-corrected chi connectivity index (χ3v) is 8.79. The van der Waals surface area contributed by atoms with Crippen LogP contribution in [0.3, 0.4) is 0 Å². The fourth-order valence-corrected chi connectivity index (χ4v) is 6.26. The lowest BCUT2D eigenvalue weighted by molar-refractivity contribution is -0.0591. The van der Waals surface area contributed by atoms with E-state index >= 15 is 0 Å². The minimum Gasteiger partial charge on any atom is -0.488 e. The first-order valence-corrected chi connectivity index (χ1v) is 15.3. The van der Waals surface area contributed by atoms with Crippen molar-refractivity contribution in [3.8, 4) is 5.75 Å². The average molecular weight is 600 g/mol. The van der Waals surface area contributed by atoms with Crippen molar-refractivity contribution < 1.29 is 19.4 Å². The van der Waals surface area contributed by atoms with Crippen molar-refractivity contribution in [3.63, 3.8) is 0 Å². The summed E-state index contributed by atoms with van der Waals surface area (Å²) in [5.74, 6) is 1.74. The number of aromatic nitrogens is 3. The maximum atomic E-state index is 11.6. The van der Waals surface area contributed by atoms with Gasteiger partial charge in [-0.3, -0.25) is 4.90 Å². The number of carboxylic acids is 1. The number of pyridine rings is 1. The summed E-state index contributed by atoms with van der Waals surface area (Å²) in [6, 6.07) is 17.3. The van der Waals surface area contributed by atoms with Gasteiger partial charge in [-0.15, -0.1) is 0 Å². The largest absolute Gasteiger partial charge is 0.488 e. The van der Waals surface area contributed by atoms with Crippen LogP contribution in [0.2, 0.25) is 5.02 Å². The number of halogens is 1. The Bertz CT molecular complexity index is 1700. The van der Waals surface area contributed by atoms with E-state index in [0.717, 1.165) is 91.2 Å². The van der Waals surface area contributed by atoms with Gasteiger partial charge in [0.1, 0.15) is 12.4 Å². The molecule has 9 nitrogen and oxygen atoms in total. The summed E-state index contributed by atoms with van der Waals surface area (Å²) in [5.41, 5.74) is 5.37. The van der Waals surface area contributed by atoms with Crippen molar-refractivity contribution in [1.82, 2.24) is 19.4 Å². The molecule has 0 bridgehead atoms. The maximum Gasteiger partial charge on any atom is 0.335 e. The number of rotatable bonds is 9. The number of aromatic carboxylic acids is 1. The van der Waals surface area contributed by atoms with Crippen molar-refractivity contribution in [1.29, 1.82) is 0 Å². The molecule has 0 saturated carbocycles. The van der Waals surface area contributed by atoms with Crippen LogP contribution in [0.25, 0.3) is 16.6 Å². The SMILES string of the molecule is O=C(O)c1ccc2nc(CN3CC=C(c4ccc5c(n4)N(CCc4cccc(Cl)c4)CCO5)CC3)n(CC3CCO3)c2c1. The Morgan fingerprint density at radius 1 is 1.07 bits per heavy atom. The molecule has 222 valence electrons. The monoisotopic (exact) mass is 599 g/mol. The van der Waals surface area contributed by atoms with E-state index in [1.807, 2.05) is 24.3 Å². The molecule has 1 fully saturated rings. The van der Waals surface area contributed by atoms with Crippen LogP contribution in [0.4, 0.5) is 5.82 Å². The smallest absolute Gasteiger partial charge is 0.335 e. The van der Waals surface area contributed by atoms with Crippen LogP contribution in [0, 0.1) is 0 Å². The number of imidazole rings is 1. The van der Waals surface area contributed by atoms with Crippen LogP contribution < -0.4 is 9.64 Å². The molecule has 43 heavy (non-hydrogen) atoms.